The highest BCUT2D eigenvalue weighted by molar-refractivity contribution is 7.09. The molecule has 0 aliphatic heterocycles. The van der Waals surface area contributed by atoms with Crippen LogP contribution in [0.15, 0.2) is 58.1 Å². The van der Waals surface area contributed by atoms with Crippen molar-refractivity contribution in [2.75, 3.05) is 13.1 Å². The zero-order valence-electron chi connectivity index (χ0n) is 22.5. The zero-order valence-corrected chi connectivity index (χ0v) is 23.3. The predicted octanol–water partition coefficient (Wildman–Crippen LogP) is 6.44. The molecule has 0 radical (unpaired) electrons. The van der Waals surface area contributed by atoms with Crippen LogP contribution in [-0.4, -0.2) is 43.8 Å². The van der Waals surface area contributed by atoms with Crippen LogP contribution in [0.5, 0.6) is 0 Å². The van der Waals surface area contributed by atoms with Gasteiger partial charge in [-0.2, -0.15) is 5.26 Å². The first-order valence-corrected chi connectivity index (χ1v) is 14.1. The molecule has 8 nitrogen and oxygen atoms in total. The fourth-order valence-electron chi connectivity index (χ4n) is 4.32. The fraction of sp³-hybridized carbons (Fsp3) is 0.300. The molecule has 0 bridgehead atoms. The first-order chi connectivity index (χ1) is 18.9. The van der Waals surface area contributed by atoms with E-state index in [1.807, 2.05) is 52.9 Å². The SMILES string of the molecule is CCCCCN(CCC)C(=O)c1ccc2[nH]c(-c3nc4cscc4[nH]c3=O)cc2c1.Cc1ncccc1C#N. The first-order valence-electron chi connectivity index (χ1n) is 13.2. The number of nitrogens with zero attached hydrogens (tertiary/aromatic N) is 4. The van der Waals surface area contributed by atoms with E-state index in [-0.39, 0.29) is 11.5 Å². The normalized spacial score (nSPS) is 10.7. The molecule has 5 rings (SSSR count). The number of aryl methyl sites for hydroxylation is 1. The van der Waals surface area contributed by atoms with Gasteiger partial charge in [0.1, 0.15) is 6.07 Å². The van der Waals surface area contributed by atoms with Crippen molar-refractivity contribution in [3.8, 4) is 17.5 Å². The Morgan fingerprint density at radius 3 is 2.62 bits per heavy atom. The van der Waals surface area contributed by atoms with E-state index in [0.717, 1.165) is 66.4 Å². The largest absolute Gasteiger partial charge is 0.353 e. The highest BCUT2D eigenvalue weighted by Crippen LogP contribution is 2.24. The molecule has 9 heteroatoms. The van der Waals surface area contributed by atoms with Gasteiger partial charge < -0.3 is 14.9 Å². The van der Waals surface area contributed by atoms with Crippen molar-refractivity contribution in [2.45, 2.75) is 46.5 Å². The van der Waals surface area contributed by atoms with Crippen LogP contribution in [-0.2, 0) is 0 Å². The minimum atomic E-state index is -0.228. The second-order valence-corrected chi connectivity index (χ2v) is 10.1. The van der Waals surface area contributed by atoms with E-state index in [4.69, 9.17) is 5.26 Å². The Kier molecular flexibility index (Phi) is 9.23. The number of pyridine rings is 1. The summed E-state index contributed by atoms with van der Waals surface area (Å²) in [6, 6.07) is 13.1. The highest BCUT2D eigenvalue weighted by atomic mass is 32.1. The average Bonchev–Trinajstić information content (AvgIpc) is 3.58. The van der Waals surface area contributed by atoms with E-state index in [9.17, 15) is 9.59 Å². The number of amides is 1. The van der Waals surface area contributed by atoms with Gasteiger partial charge in [-0.1, -0.05) is 26.7 Å². The summed E-state index contributed by atoms with van der Waals surface area (Å²) in [5.74, 6) is 0.0632. The molecule has 0 unspecified atom stereocenters. The molecule has 0 spiro atoms. The molecule has 0 atom stereocenters. The lowest BCUT2D eigenvalue weighted by atomic mass is 10.1. The molecule has 0 saturated carbocycles. The number of H-pyrrole nitrogens is 2. The number of rotatable bonds is 8. The van der Waals surface area contributed by atoms with Gasteiger partial charge >= 0.3 is 0 Å². The Hall–Kier alpha value is -4.29. The monoisotopic (exact) mass is 540 g/mol. The second-order valence-electron chi connectivity index (χ2n) is 9.32. The van der Waals surface area contributed by atoms with Crippen molar-refractivity contribution < 1.29 is 4.79 Å². The summed E-state index contributed by atoms with van der Waals surface area (Å²) < 4.78 is 0. The number of benzene rings is 1. The van der Waals surface area contributed by atoms with Crippen LogP contribution in [0.4, 0.5) is 0 Å². The van der Waals surface area contributed by atoms with E-state index < -0.39 is 0 Å². The van der Waals surface area contributed by atoms with Crippen LogP contribution in [0.1, 0.15) is 61.1 Å². The van der Waals surface area contributed by atoms with Gasteiger partial charge in [0.05, 0.1) is 28.0 Å². The fourth-order valence-corrected chi connectivity index (χ4v) is 5.01. The molecule has 5 aromatic rings. The van der Waals surface area contributed by atoms with Gasteiger partial charge in [0, 0.05) is 46.5 Å². The number of hydrogen-bond acceptors (Lipinski definition) is 6. The summed E-state index contributed by atoms with van der Waals surface area (Å²) >= 11 is 1.50. The van der Waals surface area contributed by atoms with Gasteiger partial charge in [-0.3, -0.25) is 14.6 Å². The van der Waals surface area contributed by atoms with Gasteiger partial charge in [0.15, 0.2) is 5.69 Å². The number of unbranched alkanes of at least 4 members (excludes halogenated alkanes) is 2. The molecule has 2 N–H and O–H groups in total. The van der Waals surface area contributed by atoms with Crippen LogP contribution >= 0.6 is 11.3 Å². The summed E-state index contributed by atoms with van der Waals surface area (Å²) in [5.41, 5.74) is 5.29. The Morgan fingerprint density at radius 2 is 1.90 bits per heavy atom. The third kappa shape index (κ3) is 6.59. The van der Waals surface area contributed by atoms with Crippen LogP contribution in [0.25, 0.3) is 33.3 Å². The summed E-state index contributed by atoms with van der Waals surface area (Å²) in [5, 5.41) is 13.1. The summed E-state index contributed by atoms with van der Waals surface area (Å²) in [6.07, 6.45) is 5.91. The van der Waals surface area contributed by atoms with Gasteiger partial charge in [-0.15, -0.1) is 11.3 Å². The van der Waals surface area contributed by atoms with Crippen molar-refractivity contribution in [3.05, 3.63) is 80.5 Å². The maximum absolute atomic E-state index is 13.1. The third-order valence-corrected chi connectivity index (χ3v) is 7.13. The van der Waals surface area contributed by atoms with E-state index in [1.54, 1.807) is 18.3 Å². The van der Waals surface area contributed by atoms with Crippen LogP contribution in [0, 0.1) is 18.3 Å². The van der Waals surface area contributed by atoms with Crippen molar-refractivity contribution in [2.24, 2.45) is 0 Å². The number of nitriles is 1. The number of aromatic amines is 2. The van der Waals surface area contributed by atoms with E-state index in [0.29, 0.717) is 22.5 Å². The Balaban J connectivity index is 0.000000333. The van der Waals surface area contributed by atoms with Crippen LogP contribution in [0.2, 0.25) is 0 Å². The molecular formula is C30H32N6O2S. The van der Waals surface area contributed by atoms with Gasteiger partial charge in [0.25, 0.3) is 11.5 Å². The van der Waals surface area contributed by atoms with Crippen molar-refractivity contribution in [1.82, 2.24) is 24.8 Å². The second kappa shape index (κ2) is 13.0. The molecule has 4 heterocycles. The maximum atomic E-state index is 13.1. The average molecular weight is 541 g/mol. The number of aromatic nitrogens is 4. The van der Waals surface area contributed by atoms with Gasteiger partial charge in [-0.05, 0) is 56.2 Å². The first kappa shape index (κ1) is 27.7. The Labute approximate surface area is 231 Å². The van der Waals surface area contributed by atoms with Crippen LogP contribution < -0.4 is 5.56 Å². The lowest BCUT2D eigenvalue weighted by molar-refractivity contribution is 0.0752. The molecule has 0 saturated heterocycles. The van der Waals surface area contributed by atoms with Gasteiger partial charge in [0.2, 0.25) is 0 Å². The van der Waals surface area contributed by atoms with E-state index in [2.05, 4.69) is 33.8 Å². The van der Waals surface area contributed by atoms with Gasteiger partial charge in [-0.25, -0.2) is 4.98 Å². The topological polar surface area (TPSA) is 119 Å². The number of nitrogens with one attached hydrogen (secondary N) is 2. The standard InChI is InChI=1S/C23H26N4O2S.C7H6N2/c1-3-5-6-10-27(9-4-2)23(29)15-7-8-17-16(11-15)12-18(24-17)21-22(28)26-20-14-30-13-19(20)25-21;1-6-7(5-8)3-2-4-9-6/h7-8,11-14,24H,3-6,9-10H2,1-2H3,(H,26,28);2-4H,1H3. The maximum Gasteiger partial charge on any atom is 0.276 e. The number of hydrogen-bond donors (Lipinski definition) is 2. The van der Waals surface area contributed by atoms with E-state index in [1.165, 1.54) is 11.3 Å². The van der Waals surface area contributed by atoms with Crippen molar-refractivity contribution in [3.63, 3.8) is 0 Å². The number of thiophene rings is 1. The highest BCUT2D eigenvalue weighted by Gasteiger charge is 2.17. The predicted molar refractivity (Wildman–Crippen MR) is 157 cm³/mol. The number of carbonyl (C=O) groups excluding carboxylic acids is 1. The van der Waals surface area contributed by atoms with Crippen LogP contribution in [0.3, 0.4) is 0 Å². The summed E-state index contributed by atoms with van der Waals surface area (Å²) in [7, 11) is 0. The van der Waals surface area contributed by atoms with Crippen molar-refractivity contribution in [1.29, 1.82) is 5.26 Å². The molecule has 0 aliphatic rings. The summed E-state index contributed by atoms with van der Waals surface area (Å²) in [4.78, 5) is 42.1. The molecule has 0 aliphatic carbocycles. The minimum absolute atomic E-state index is 0.0632. The van der Waals surface area contributed by atoms with E-state index >= 15 is 0 Å². The number of carbonyl (C=O) groups is 1. The quantitative estimate of drug-likeness (QED) is 0.220. The smallest absolute Gasteiger partial charge is 0.276 e. The Morgan fingerprint density at radius 1 is 1.05 bits per heavy atom. The molecule has 1 aromatic carbocycles. The lowest BCUT2D eigenvalue weighted by Crippen LogP contribution is -2.32. The summed E-state index contributed by atoms with van der Waals surface area (Å²) in [6.45, 7) is 7.63. The Bertz CT molecular complexity index is 1680. The molecule has 39 heavy (non-hydrogen) atoms. The minimum Gasteiger partial charge on any atom is -0.353 e. The lowest BCUT2D eigenvalue weighted by Gasteiger charge is -2.22. The third-order valence-electron chi connectivity index (χ3n) is 6.40. The number of fused-ring (bicyclic) bond motifs is 2. The zero-order chi connectivity index (χ0) is 27.8. The van der Waals surface area contributed by atoms with Crippen molar-refractivity contribution >= 4 is 39.2 Å². The molecule has 1 amide bonds. The molecule has 0 fully saturated rings. The molecular weight excluding hydrogens is 508 g/mol. The molecule has 200 valence electrons. The molecule has 4 aromatic heterocycles.